The van der Waals surface area contributed by atoms with Crippen molar-refractivity contribution in [2.75, 3.05) is 13.2 Å². The number of nitrogens with zero attached hydrogens (tertiary/aromatic N) is 1. The third-order valence-electron chi connectivity index (χ3n) is 2.63. The summed E-state index contributed by atoms with van der Waals surface area (Å²) < 4.78 is 5.30. The summed E-state index contributed by atoms with van der Waals surface area (Å²) in [6.45, 7) is 3.49. The second-order valence-electron chi connectivity index (χ2n) is 3.77. The van der Waals surface area contributed by atoms with E-state index in [2.05, 4.69) is 4.98 Å². The molecule has 0 bridgehead atoms. The lowest BCUT2D eigenvalue weighted by Gasteiger charge is -2.14. The molecule has 0 fully saturated rings. The molecule has 0 amide bonds. The molecule has 1 atom stereocenters. The maximum Gasteiger partial charge on any atom is 0.0971 e. The first-order valence-electron chi connectivity index (χ1n) is 5.55. The molecule has 1 unspecified atom stereocenters. The molecule has 0 aliphatic heterocycles. The van der Waals surface area contributed by atoms with Gasteiger partial charge in [-0.15, -0.1) is 11.3 Å². The molecule has 84 valence electrons. The number of rotatable bonds is 4. The topological polar surface area (TPSA) is 42.4 Å². The summed E-state index contributed by atoms with van der Waals surface area (Å²) in [5.41, 5.74) is 0.928. The Bertz CT molecular complexity index is 324. The van der Waals surface area contributed by atoms with Crippen LogP contribution in [0.2, 0.25) is 0 Å². The van der Waals surface area contributed by atoms with E-state index in [0.717, 1.165) is 49.6 Å². The van der Waals surface area contributed by atoms with E-state index >= 15 is 0 Å². The number of aliphatic hydroxyl groups excluding tert-OH is 1. The highest BCUT2D eigenvalue weighted by atomic mass is 32.1. The van der Waals surface area contributed by atoms with Gasteiger partial charge in [0.1, 0.15) is 0 Å². The number of thiazole rings is 1. The molecule has 0 spiro atoms. The van der Waals surface area contributed by atoms with Gasteiger partial charge in [-0.25, -0.2) is 4.98 Å². The van der Waals surface area contributed by atoms with E-state index in [1.54, 1.807) is 11.3 Å². The van der Waals surface area contributed by atoms with Crippen molar-refractivity contribution in [3.63, 3.8) is 0 Å². The van der Waals surface area contributed by atoms with Gasteiger partial charge < -0.3 is 9.84 Å². The fourth-order valence-electron chi connectivity index (χ4n) is 1.86. The zero-order chi connectivity index (χ0) is 10.7. The van der Waals surface area contributed by atoms with Crippen LogP contribution in [0.15, 0.2) is 0 Å². The molecule has 15 heavy (non-hydrogen) atoms. The normalized spacial score (nSPS) is 20.3. The largest absolute Gasteiger partial charge is 0.387 e. The van der Waals surface area contributed by atoms with Gasteiger partial charge in [0, 0.05) is 17.9 Å². The summed E-state index contributed by atoms with van der Waals surface area (Å²) in [5, 5.41) is 10.9. The van der Waals surface area contributed by atoms with Crippen molar-refractivity contribution in [1.29, 1.82) is 0 Å². The van der Waals surface area contributed by atoms with E-state index in [4.69, 9.17) is 4.74 Å². The monoisotopic (exact) mass is 227 g/mol. The van der Waals surface area contributed by atoms with E-state index in [-0.39, 0.29) is 6.10 Å². The Balaban J connectivity index is 2.01. The van der Waals surface area contributed by atoms with Crippen molar-refractivity contribution in [2.45, 2.75) is 38.7 Å². The first-order valence-corrected chi connectivity index (χ1v) is 6.37. The molecule has 1 heterocycles. The molecule has 0 saturated heterocycles. The lowest BCUT2D eigenvalue weighted by Crippen LogP contribution is -2.07. The van der Waals surface area contributed by atoms with Crippen LogP contribution in [-0.4, -0.2) is 23.3 Å². The van der Waals surface area contributed by atoms with Gasteiger partial charge in [-0.05, 0) is 26.2 Å². The molecule has 3 nitrogen and oxygen atoms in total. The standard InChI is InChI=1S/C11H17NO2S/c1-2-14-7-6-10-12-11-8(13)4-3-5-9(11)15-10/h8,13H,2-7H2,1H3. The van der Waals surface area contributed by atoms with Crippen LogP contribution in [0.4, 0.5) is 0 Å². The second-order valence-corrected chi connectivity index (χ2v) is 4.94. The first-order chi connectivity index (χ1) is 7.31. The predicted molar refractivity (Wildman–Crippen MR) is 60.2 cm³/mol. The Kier molecular flexibility index (Phi) is 3.72. The van der Waals surface area contributed by atoms with Crippen molar-refractivity contribution in [3.05, 3.63) is 15.6 Å². The average Bonchev–Trinajstić information content (AvgIpc) is 2.63. The van der Waals surface area contributed by atoms with E-state index in [0.29, 0.717) is 0 Å². The van der Waals surface area contributed by atoms with Crippen LogP contribution in [0.5, 0.6) is 0 Å². The van der Waals surface area contributed by atoms with Crippen LogP contribution < -0.4 is 0 Å². The van der Waals surface area contributed by atoms with Crippen LogP contribution in [0.1, 0.15) is 41.4 Å². The SMILES string of the molecule is CCOCCc1nc2c(s1)CCCC2O. The minimum absolute atomic E-state index is 0.328. The van der Waals surface area contributed by atoms with Crippen molar-refractivity contribution >= 4 is 11.3 Å². The van der Waals surface area contributed by atoms with E-state index in [9.17, 15) is 5.11 Å². The lowest BCUT2D eigenvalue weighted by molar-refractivity contribution is 0.148. The molecular formula is C11H17NO2S. The van der Waals surface area contributed by atoms with Crippen LogP contribution in [-0.2, 0) is 17.6 Å². The third kappa shape index (κ3) is 2.56. The molecule has 4 heteroatoms. The summed E-state index contributed by atoms with van der Waals surface area (Å²) in [6.07, 6.45) is 3.57. The van der Waals surface area contributed by atoms with Gasteiger partial charge in [-0.1, -0.05) is 0 Å². The van der Waals surface area contributed by atoms with Crippen LogP contribution >= 0.6 is 11.3 Å². The molecule has 1 aromatic rings. The van der Waals surface area contributed by atoms with Gasteiger partial charge in [0.05, 0.1) is 23.4 Å². The number of aromatic nitrogens is 1. The van der Waals surface area contributed by atoms with Crippen LogP contribution in [0.3, 0.4) is 0 Å². The number of aryl methyl sites for hydroxylation is 1. The quantitative estimate of drug-likeness (QED) is 0.801. The second kappa shape index (κ2) is 5.05. The summed E-state index contributed by atoms with van der Waals surface area (Å²) in [5.74, 6) is 0. The Labute approximate surface area is 94.1 Å². The predicted octanol–water partition coefficient (Wildman–Crippen LogP) is 2.09. The third-order valence-corrected chi connectivity index (χ3v) is 3.82. The van der Waals surface area contributed by atoms with Crippen molar-refractivity contribution in [1.82, 2.24) is 4.98 Å². The van der Waals surface area contributed by atoms with Gasteiger partial charge >= 0.3 is 0 Å². The smallest absolute Gasteiger partial charge is 0.0971 e. The number of ether oxygens (including phenoxy) is 1. The molecular weight excluding hydrogens is 210 g/mol. The lowest BCUT2D eigenvalue weighted by atomic mass is 10.0. The summed E-state index contributed by atoms with van der Waals surface area (Å²) in [7, 11) is 0. The van der Waals surface area contributed by atoms with Gasteiger partial charge in [0.25, 0.3) is 0 Å². The summed E-state index contributed by atoms with van der Waals surface area (Å²) >= 11 is 1.74. The van der Waals surface area contributed by atoms with Crippen LogP contribution in [0, 0.1) is 0 Å². The van der Waals surface area contributed by atoms with Crippen molar-refractivity contribution in [3.8, 4) is 0 Å². The van der Waals surface area contributed by atoms with E-state index in [1.807, 2.05) is 6.92 Å². The molecule has 0 aromatic carbocycles. The van der Waals surface area contributed by atoms with Crippen molar-refractivity contribution in [2.24, 2.45) is 0 Å². The Hall–Kier alpha value is -0.450. The minimum Gasteiger partial charge on any atom is -0.387 e. The van der Waals surface area contributed by atoms with E-state index < -0.39 is 0 Å². The zero-order valence-electron chi connectivity index (χ0n) is 9.03. The van der Waals surface area contributed by atoms with Gasteiger partial charge in [-0.3, -0.25) is 0 Å². The molecule has 0 radical (unpaired) electrons. The highest BCUT2D eigenvalue weighted by molar-refractivity contribution is 7.11. The molecule has 2 rings (SSSR count). The molecule has 1 aliphatic rings. The highest BCUT2D eigenvalue weighted by Crippen LogP contribution is 2.33. The average molecular weight is 227 g/mol. The Morgan fingerprint density at radius 3 is 3.20 bits per heavy atom. The Morgan fingerprint density at radius 1 is 1.60 bits per heavy atom. The molecule has 0 saturated carbocycles. The zero-order valence-corrected chi connectivity index (χ0v) is 9.85. The first kappa shape index (κ1) is 11.0. The maximum absolute atomic E-state index is 9.76. The Morgan fingerprint density at radius 2 is 2.47 bits per heavy atom. The maximum atomic E-state index is 9.76. The summed E-state index contributed by atoms with van der Waals surface area (Å²) in [4.78, 5) is 5.77. The van der Waals surface area contributed by atoms with E-state index in [1.165, 1.54) is 4.88 Å². The van der Waals surface area contributed by atoms with Crippen LogP contribution in [0.25, 0.3) is 0 Å². The van der Waals surface area contributed by atoms with Crippen molar-refractivity contribution < 1.29 is 9.84 Å². The van der Waals surface area contributed by atoms with Gasteiger partial charge in [0.15, 0.2) is 0 Å². The number of hydrogen-bond acceptors (Lipinski definition) is 4. The van der Waals surface area contributed by atoms with Gasteiger partial charge in [0.2, 0.25) is 0 Å². The number of fused-ring (bicyclic) bond motifs is 1. The number of aliphatic hydroxyl groups is 1. The molecule has 1 aromatic heterocycles. The highest BCUT2D eigenvalue weighted by Gasteiger charge is 2.22. The fourth-order valence-corrected chi connectivity index (χ4v) is 3.00. The summed E-state index contributed by atoms with van der Waals surface area (Å²) in [6, 6.07) is 0. The van der Waals surface area contributed by atoms with Gasteiger partial charge in [-0.2, -0.15) is 0 Å². The fraction of sp³-hybridized carbons (Fsp3) is 0.727. The molecule has 1 N–H and O–H groups in total. The number of hydrogen-bond donors (Lipinski definition) is 1. The molecule has 1 aliphatic carbocycles. The minimum atomic E-state index is -0.328.